The Morgan fingerprint density at radius 1 is 1.26 bits per heavy atom. The highest BCUT2D eigenvalue weighted by Gasteiger charge is 2.27. The maximum atomic E-state index is 12.2. The molecule has 1 saturated heterocycles. The van der Waals surface area contributed by atoms with E-state index in [-0.39, 0.29) is 5.92 Å². The van der Waals surface area contributed by atoms with E-state index in [1.54, 1.807) is 0 Å². The molecule has 19 heavy (non-hydrogen) atoms. The molecule has 0 radical (unpaired) electrons. The van der Waals surface area contributed by atoms with Crippen LogP contribution in [0.15, 0.2) is 0 Å². The third-order valence-corrected chi connectivity index (χ3v) is 4.19. The smallest absolute Gasteiger partial charge is 0.225 e. The molecule has 1 fully saturated rings. The van der Waals surface area contributed by atoms with Crippen molar-refractivity contribution >= 4 is 5.91 Å². The zero-order chi connectivity index (χ0) is 14.3. The molecule has 0 aromatic carbocycles. The summed E-state index contributed by atoms with van der Waals surface area (Å²) in [6, 6.07) is 0.295. The summed E-state index contributed by atoms with van der Waals surface area (Å²) >= 11 is 0. The van der Waals surface area contributed by atoms with Gasteiger partial charge in [0.2, 0.25) is 5.91 Å². The number of carbonyl (C=O) groups excluding carboxylic acids is 1. The van der Waals surface area contributed by atoms with E-state index in [1.165, 1.54) is 0 Å². The minimum absolute atomic E-state index is 0.223. The number of hydrogen-bond donors (Lipinski definition) is 1. The Hall–Kier alpha value is -0.610. The summed E-state index contributed by atoms with van der Waals surface area (Å²) in [5.74, 6) is 0.538. The fourth-order valence-corrected chi connectivity index (χ4v) is 2.57. The molecule has 0 aromatic heterocycles. The number of carbonyl (C=O) groups is 1. The van der Waals surface area contributed by atoms with Crippen LogP contribution in [0.25, 0.3) is 0 Å². The van der Waals surface area contributed by atoms with Gasteiger partial charge in [-0.2, -0.15) is 0 Å². The van der Waals surface area contributed by atoms with Gasteiger partial charge in [0.05, 0.1) is 0 Å². The first-order chi connectivity index (χ1) is 9.06. The molecule has 0 saturated carbocycles. The molecule has 4 nitrogen and oxygen atoms in total. The van der Waals surface area contributed by atoms with Gasteiger partial charge in [0.15, 0.2) is 0 Å². The van der Waals surface area contributed by atoms with Gasteiger partial charge in [-0.3, -0.25) is 4.79 Å². The number of hydrogen-bond acceptors (Lipinski definition) is 3. The molecular weight excluding hydrogens is 240 g/mol. The van der Waals surface area contributed by atoms with Crippen molar-refractivity contribution in [3.8, 4) is 0 Å². The molecule has 112 valence electrons. The van der Waals surface area contributed by atoms with Crippen molar-refractivity contribution < 1.29 is 9.90 Å². The quantitative estimate of drug-likeness (QED) is 0.717. The van der Waals surface area contributed by atoms with Crippen LogP contribution >= 0.6 is 0 Å². The number of aliphatic hydroxyl groups is 1. The number of nitrogens with zero attached hydrogens (tertiary/aromatic N) is 2. The molecule has 0 atom stereocenters. The SMILES string of the molecule is CC(C)N(C)C(=O)C1CCN(CCCCCO)CC1. The van der Waals surface area contributed by atoms with Crippen molar-refractivity contribution in [3.05, 3.63) is 0 Å². The lowest BCUT2D eigenvalue weighted by Crippen LogP contribution is -2.43. The summed E-state index contributed by atoms with van der Waals surface area (Å²) in [5, 5.41) is 8.74. The standard InChI is InChI=1S/C15H30N2O2/c1-13(2)16(3)15(19)14-7-10-17(11-8-14)9-5-4-6-12-18/h13-14,18H,4-12H2,1-3H3. The summed E-state index contributed by atoms with van der Waals surface area (Å²) < 4.78 is 0. The second-order valence-corrected chi connectivity index (χ2v) is 5.94. The predicted molar refractivity (Wildman–Crippen MR) is 78.0 cm³/mol. The van der Waals surface area contributed by atoms with Crippen LogP contribution in [-0.4, -0.2) is 60.1 Å². The number of likely N-dealkylation sites (tertiary alicyclic amines) is 1. The Labute approximate surface area is 117 Å². The van der Waals surface area contributed by atoms with Crippen molar-refractivity contribution in [2.24, 2.45) is 5.92 Å². The first-order valence-corrected chi connectivity index (χ1v) is 7.66. The lowest BCUT2D eigenvalue weighted by molar-refractivity contribution is -0.137. The number of amides is 1. The predicted octanol–water partition coefficient (Wildman–Crippen LogP) is 1.73. The van der Waals surface area contributed by atoms with Gasteiger partial charge < -0.3 is 14.9 Å². The summed E-state index contributed by atoms with van der Waals surface area (Å²) in [4.78, 5) is 16.6. The first kappa shape index (κ1) is 16.4. The number of rotatable bonds is 7. The molecule has 0 aromatic rings. The van der Waals surface area contributed by atoms with Gasteiger partial charge in [0, 0.05) is 25.6 Å². The van der Waals surface area contributed by atoms with E-state index in [2.05, 4.69) is 18.7 Å². The van der Waals surface area contributed by atoms with E-state index in [4.69, 9.17) is 5.11 Å². The molecule has 0 bridgehead atoms. The lowest BCUT2D eigenvalue weighted by Gasteiger charge is -2.34. The Morgan fingerprint density at radius 3 is 2.42 bits per heavy atom. The van der Waals surface area contributed by atoms with E-state index < -0.39 is 0 Å². The minimum atomic E-state index is 0.223. The molecule has 0 spiro atoms. The van der Waals surface area contributed by atoms with Gasteiger partial charge in [-0.05, 0) is 65.6 Å². The Kier molecular flexibility index (Phi) is 7.39. The molecule has 0 aliphatic carbocycles. The monoisotopic (exact) mass is 270 g/mol. The fourth-order valence-electron chi connectivity index (χ4n) is 2.57. The molecule has 1 aliphatic heterocycles. The Morgan fingerprint density at radius 2 is 1.89 bits per heavy atom. The van der Waals surface area contributed by atoms with Gasteiger partial charge >= 0.3 is 0 Å². The second kappa shape index (κ2) is 8.54. The third kappa shape index (κ3) is 5.49. The minimum Gasteiger partial charge on any atom is -0.396 e. The van der Waals surface area contributed by atoms with E-state index in [0.717, 1.165) is 51.7 Å². The largest absolute Gasteiger partial charge is 0.396 e. The van der Waals surface area contributed by atoms with Crippen LogP contribution in [0.2, 0.25) is 0 Å². The van der Waals surface area contributed by atoms with Crippen molar-refractivity contribution in [3.63, 3.8) is 0 Å². The van der Waals surface area contributed by atoms with Crippen LogP contribution < -0.4 is 0 Å². The second-order valence-electron chi connectivity index (χ2n) is 5.94. The highest BCUT2D eigenvalue weighted by atomic mass is 16.2. The van der Waals surface area contributed by atoms with Gasteiger partial charge in [-0.15, -0.1) is 0 Å². The Bertz CT molecular complexity index is 261. The van der Waals surface area contributed by atoms with E-state index in [0.29, 0.717) is 18.6 Å². The average molecular weight is 270 g/mol. The Balaban J connectivity index is 2.23. The molecule has 1 rings (SSSR count). The number of piperidine rings is 1. The van der Waals surface area contributed by atoms with Crippen LogP contribution in [-0.2, 0) is 4.79 Å². The molecular formula is C15H30N2O2. The van der Waals surface area contributed by atoms with E-state index >= 15 is 0 Å². The summed E-state index contributed by atoms with van der Waals surface area (Å²) in [5.41, 5.74) is 0. The van der Waals surface area contributed by atoms with Crippen LogP contribution in [0, 0.1) is 5.92 Å². The van der Waals surface area contributed by atoms with Crippen molar-refractivity contribution in [1.29, 1.82) is 0 Å². The van der Waals surface area contributed by atoms with Crippen LogP contribution in [0.5, 0.6) is 0 Å². The topological polar surface area (TPSA) is 43.8 Å². The molecule has 0 unspecified atom stereocenters. The fraction of sp³-hybridized carbons (Fsp3) is 0.933. The van der Waals surface area contributed by atoms with Gasteiger partial charge in [-0.25, -0.2) is 0 Å². The highest BCUT2D eigenvalue weighted by molar-refractivity contribution is 5.78. The lowest BCUT2D eigenvalue weighted by atomic mass is 9.95. The molecule has 1 N–H and O–H groups in total. The number of unbranched alkanes of at least 4 members (excludes halogenated alkanes) is 2. The molecule has 1 heterocycles. The first-order valence-electron chi connectivity index (χ1n) is 7.66. The van der Waals surface area contributed by atoms with Crippen molar-refractivity contribution in [1.82, 2.24) is 9.80 Å². The maximum Gasteiger partial charge on any atom is 0.225 e. The molecule has 1 amide bonds. The van der Waals surface area contributed by atoms with Gasteiger partial charge in [0.25, 0.3) is 0 Å². The molecule has 1 aliphatic rings. The molecule has 4 heteroatoms. The van der Waals surface area contributed by atoms with Crippen molar-refractivity contribution in [2.45, 2.75) is 52.0 Å². The van der Waals surface area contributed by atoms with Crippen LogP contribution in [0.3, 0.4) is 0 Å². The summed E-state index contributed by atoms with van der Waals surface area (Å²) in [7, 11) is 1.91. The maximum absolute atomic E-state index is 12.2. The van der Waals surface area contributed by atoms with Crippen LogP contribution in [0.4, 0.5) is 0 Å². The third-order valence-electron chi connectivity index (χ3n) is 4.19. The van der Waals surface area contributed by atoms with E-state index in [9.17, 15) is 4.79 Å². The zero-order valence-corrected chi connectivity index (χ0v) is 12.8. The number of aliphatic hydroxyl groups excluding tert-OH is 1. The average Bonchev–Trinajstić information content (AvgIpc) is 2.42. The summed E-state index contributed by atoms with van der Waals surface area (Å²) in [6.07, 6.45) is 5.16. The van der Waals surface area contributed by atoms with Crippen LogP contribution in [0.1, 0.15) is 46.0 Å². The highest BCUT2D eigenvalue weighted by Crippen LogP contribution is 2.20. The zero-order valence-electron chi connectivity index (χ0n) is 12.8. The summed E-state index contributed by atoms with van der Waals surface area (Å²) in [6.45, 7) is 7.63. The van der Waals surface area contributed by atoms with Gasteiger partial charge in [-0.1, -0.05) is 0 Å². The van der Waals surface area contributed by atoms with E-state index in [1.807, 2.05) is 11.9 Å². The normalized spacial score (nSPS) is 17.9. The van der Waals surface area contributed by atoms with Crippen molar-refractivity contribution in [2.75, 3.05) is 33.3 Å². The van der Waals surface area contributed by atoms with Gasteiger partial charge in [0.1, 0.15) is 0 Å².